The van der Waals surface area contributed by atoms with Crippen molar-refractivity contribution in [1.82, 2.24) is 5.32 Å². The Kier molecular flexibility index (Phi) is 7.26. The number of nitrogens with one attached hydrogen (secondary N) is 1. The van der Waals surface area contributed by atoms with E-state index < -0.39 is 12.6 Å². The van der Waals surface area contributed by atoms with E-state index in [1.807, 2.05) is 19.1 Å². The zero-order valence-corrected chi connectivity index (χ0v) is 16.5. The fourth-order valence-electron chi connectivity index (χ4n) is 2.83. The highest BCUT2D eigenvalue weighted by atomic mass is 16.5. The molecule has 1 amide bonds. The molecule has 7 heteroatoms. The van der Waals surface area contributed by atoms with Crippen LogP contribution in [0, 0.1) is 13.8 Å². The number of carboxylic acid groups (broad SMARTS) is 1. The summed E-state index contributed by atoms with van der Waals surface area (Å²) in [5, 5.41) is 11.6. The lowest BCUT2D eigenvalue weighted by Gasteiger charge is -2.14. The zero-order valence-electron chi connectivity index (χ0n) is 16.5. The molecule has 0 aliphatic heterocycles. The molecular formula is C21H25NO6. The van der Waals surface area contributed by atoms with Crippen molar-refractivity contribution in [2.24, 2.45) is 0 Å². The fourth-order valence-corrected chi connectivity index (χ4v) is 2.83. The maximum absolute atomic E-state index is 12.5. The maximum Gasteiger partial charge on any atom is 0.341 e. The summed E-state index contributed by atoms with van der Waals surface area (Å²) in [6.45, 7) is 5.87. The van der Waals surface area contributed by atoms with E-state index in [1.54, 1.807) is 39.2 Å². The number of aryl methyl sites for hydroxylation is 2. The first-order chi connectivity index (χ1) is 13.3. The predicted octanol–water partition coefficient (Wildman–Crippen LogP) is 3.10. The molecule has 2 rings (SSSR count). The molecule has 0 aliphatic carbocycles. The molecule has 0 heterocycles. The Morgan fingerprint density at radius 3 is 2.29 bits per heavy atom. The van der Waals surface area contributed by atoms with Crippen LogP contribution in [0.4, 0.5) is 0 Å². The number of aliphatic carboxylic acids is 1. The molecule has 0 aliphatic rings. The monoisotopic (exact) mass is 387 g/mol. The van der Waals surface area contributed by atoms with Crippen molar-refractivity contribution in [3.8, 4) is 17.2 Å². The Hall–Kier alpha value is -3.22. The van der Waals surface area contributed by atoms with Crippen molar-refractivity contribution in [1.29, 1.82) is 0 Å². The summed E-state index contributed by atoms with van der Waals surface area (Å²) in [6.07, 6.45) is 0. The van der Waals surface area contributed by atoms with Gasteiger partial charge in [-0.1, -0.05) is 6.07 Å². The van der Waals surface area contributed by atoms with Gasteiger partial charge >= 0.3 is 5.97 Å². The molecule has 7 nitrogen and oxygen atoms in total. The second-order valence-corrected chi connectivity index (χ2v) is 6.22. The van der Waals surface area contributed by atoms with Crippen molar-refractivity contribution >= 4 is 11.9 Å². The van der Waals surface area contributed by atoms with Gasteiger partial charge in [-0.3, -0.25) is 4.79 Å². The first kappa shape index (κ1) is 21.1. The number of benzene rings is 2. The highest BCUT2D eigenvalue weighted by molar-refractivity contribution is 5.94. The van der Waals surface area contributed by atoms with Gasteiger partial charge in [0.15, 0.2) is 18.1 Å². The molecule has 0 spiro atoms. The summed E-state index contributed by atoms with van der Waals surface area (Å²) < 4.78 is 16.1. The first-order valence-corrected chi connectivity index (χ1v) is 8.89. The van der Waals surface area contributed by atoms with E-state index in [2.05, 4.69) is 5.32 Å². The van der Waals surface area contributed by atoms with Crippen molar-refractivity contribution < 1.29 is 28.9 Å². The van der Waals surface area contributed by atoms with E-state index in [0.29, 0.717) is 47.1 Å². The number of hydrogen-bond donors (Lipinski definition) is 2. The van der Waals surface area contributed by atoms with Crippen LogP contribution in [0.1, 0.15) is 34.0 Å². The van der Waals surface area contributed by atoms with Crippen molar-refractivity contribution in [2.45, 2.75) is 27.3 Å². The Morgan fingerprint density at radius 1 is 1.04 bits per heavy atom. The third-order valence-electron chi connectivity index (χ3n) is 4.04. The topological polar surface area (TPSA) is 94.1 Å². The number of hydrogen-bond acceptors (Lipinski definition) is 5. The van der Waals surface area contributed by atoms with Crippen LogP contribution in [-0.2, 0) is 11.3 Å². The molecular weight excluding hydrogens is 362 g/mol. The van der Waals surface area contributed by atoms with Gasteiger partial charge in [-0.05, 0) is 61.7 Å². The number of carboxylic acids is 1. The van der Waals surface area contributed by atoms with Crippen LogP contribution in [0.5, 0.6) is 17.2 Å². The van der Waals surface area contributed by atoms with Gasteiger partial charge in [0, 0.05) is 12.1 Å². The summed E-state index contributed by atoms with van der Waals surface area (Å²) in [6, 6.07) is 8.86. The third kappa shape index (κ3) is 5.39. The lowest BCUT2D eigenvalue weighted by Crippen LogP contribution is -2.23. The van der Waals surface area contributed by atoms with Crippen molar-refractivity contribution in [3.05, 3.63) is 52.6 Å². The number of carbonyl (C=O) groups excluding carboxylic acids is 1. The fraction of sp³-hybridized carbons (Fsp3) is 0.333. The second kappa shape index (κ2) is 9.64. The molecule has 0 saturated carbocycles. The van der Waals surface area contributed by atoms with Gasteiger partial charge in [-0.15, -0.1) is 0 Å². The maximum atomic E-state index is 12.5. The second-order valence-electron chi connectivity index (χ2n) is 6.22. The highest BCUT2D eigenvalue weighted by Gasteiger charge is 2.13. The zero-order chi connectivity index (χ0) is 20.7. The summed E-state index contributed by atoms with van der Waals surface area (Å²) in [5.74, 6) is 0.468. The summed E-state index contributed by atoms with van der Waals surface area (Å²) in [4.78, 5) is 23.2. The Labute approximate surface area is 164 Å². The molecule has 2 aromatic carbocycles. The van der Waals surface area contributed by atoms with Gasteiger partial charge in [-0.25, -0.2) is 4.79 Å². The van der Waals surface area contributed by atoms with Gasteiger partial charge < -0.3 is 24.6 Å². The summed E-state index contributed by atoms with van der Waals surface area (Å²) in [5.41, 5.74) is 2.77. The molecule has 28 heavy (non-hydrogen) atoms. The average molecular weight is 387 g/mol. The standard InChI is InChI=1S/C21H25NO6/c1-5-27-18-10-15(6-7-17(18)26-4)11-22-21(25)16-8-13(2)20(14(3)9-16)28-12-19(23)24/h6-10H,5,11-12H2,1-4H3,(H,22,25)(H,23,24). The van der Waals surface area contributed by atoms with Gasteiger partial charge in [0.05, 0.1) is 13.7 Å². The minimum Gasteiger partial charge on any atom is -0.493 e. The van der Waals surface area contributed by atoms with Crippen LogP contribution < -0.4 is 19.5 Å². The lowest BCUT2D eigenvalue weighted by molar-refractivity contribution is -0.139. The van der Waals surface area contributed by atoms with Crippen molar-refractivity contribution in [2.75, 3.05) is 20.3 Å². The minimum absolute atomic E-state index is 0.232. The molecule has 0 aromatic heterocycles. The van der Waals surface area contributed by atoms with E-state index >= 15 is 0 Å². The summed E-state index contributed by atoms with van der Waals surface area (Å²) in [7, 11) is 1.58. The van der Waals surface area contributed by atoms with Crippen LogP contribution in [0.15, 0.2) is 30.3 Å². The van der Waals surface area contributed by atoms with Crippen LogP contribution >= 0.6 is 0 Å². The van der Waals surface area contributed by atoms with Crippen molar-refractivity contribution in [3.63, 3.8) is 0 Å². The lowest BCUT2D eigenvalue weighted by atomic mass is 10.0. The van der Waals surface area contributed by atoms with E-state index in [9.17, 15) is 9.59 Å². The molecule has 2 aromatic rings. The number of ether oxygens (including phenoxy) is 3. The van der Waals surface area contributed by atoms with Crippen LogP contribution in [0.25, 0.3) is 0 Å². The summed E-state index contributed by atoms with van der Waals surface area (Å²) >= 11 is 0. The molecule has 2 N–H and O–H groups in total. The molecule has 0 fully saturated rings. The minimum atomic E-state index is -1.05. The van der Waals surface area contributed by atoms with Gasteiger partial charge in [0.25, 0.3) is 5.91 Å². The molecule has 0 bridgehead atoms. The number of methoxy groups -OCH3 is 1. The van der Waals surface area contributed by atoms with Crippen LogP contribution in [0.3, 0.4) is 0 Å². The highest BCUT2D eigenvalue weighted by Crippen LogP contribution is 2.28. The molecule has 150 valence electrons. The number of carbonyl (C=O) groups is 2. The third-order valence-corrected chi connectivity index (χ3v) is 4.04. The van der Waals surface area contributed by atoms with E-state index in [4.69, 9.17) is 19.3 Å². The smallest absolute Gasteiger partial charge is 0.341 e. The molecule has 0 unspecified atom stereocenters. The predicted molar refractivity (Wildman–Crippen MR) is 104 cm³/mol. The van der Waals surface area contributed by atoms with E-state index in [-0.39, 0.29) is 5.91 Å². The average Bonchev–Trinajstić information content (AvgIpc) is 2.65. The Balaban J connectivity index is 2.09. The molecule has 0 radical (unpaired) electrons. The number of rotatable bonds is 9. The quantitative estimate of drug-likeness (QED) is 0.687. The first-order valence-electron chi connectivity index (χ1n) is 8.89. The van der Waals surface area contributed by atoms with Crippen LogP contribution in [0.2, 0.25) is 0 Å². The normalized spacial score (nSPS) is 10.3. The number of amides is 1. The Morgan fingerprint density at radius 2 is 1.71 bits per heavy atom. The van der Waals surface area contributed by atoms with Crippen LogP contribution in [-0.4, -0.2) is 37.3 Å². The molecule has 0 atom stereocenters. The van der Waals surface area contributed by atoms with E-state index in [1.165, 1.54) is 0 Å². The van der Waals surface area contributed by atoms with E-state index in [0.717, 1.165) is 5.56 Å². The SMILES string of the molecule is CCOc1cc(CNC(=O)c2cc(C)c(OCC(=O)O)c(C)c2)ccc1OC. The van der Waals surface area contributed by atoms with Gasteiger partial charge in [0.2, 0.25) is 0 Å². The van der Waals surface area contributed by atoms with Gasteiger partial charge in [-0.2, -0.15) is 0 Å². The largest absolute Gasteiger partial charge is 0.493 e. The Bertz CT molecular complexity index is 839. The van der Waals surface area contributed by atoms with Gasteiger partial charge in [0.1, 0.15) is 5.75 Å². The molecule has 0 saturated heterocycles.